The van der Waals surface area contributed by atoms with Crippen LogP contribution in [0.4, 0.5) is 4.79 Å². The van der Waals surface area contributed by atoms with Gasteiger partial charge >= 0.3 is 12.0 Å². The summed E-state index contributed by atoms with van der Waals surface area (Å²) in [6.45, 7) is 6.40. The second-order valence-corrected chi connectivity index (χ2v) is 5.44. The molecule has 0 aromatic carbocycles. The number of likely N-dealkylation sites (N-methyl/N-ethyl adjacent to an activating group) is 1. The van der Waals surface area contributed by atoms with Gasteiger partial charge < -0.3 is 20.1 Å². The van der Waals surface area contributed by atoms with Gasteiger partial charge in [0.25, 0.3) is 0 Å². The molecule has 1 rings (SSSR count). The number of urea groups is 1. The van der Waals surface area contributed by atoms with E-state index < -0.39 is 5.97 Å². The van der Waals surface area contributed by atoms with Gasteiger partial charge in [0, 0.05) is 19.7 Å². The first kappa shape index (κ1) is 15.8. The minimum absolute atomic E-state index is 0.0210. The van der Waals surface area contributed by atoms with Crippen molar-refractivity contribution < 1.29 is 19.4 Å². The van der Waals surface area contributed by atoms with E-state index in [2.05, 4.69) is 5.32 Å². The lowest BCUT2D eigenvalue weighted by Gasteiger charge is -2.30. The van der Waals surface area contributed by atoms with Crippen LogP contribution in [0.15, 0.2) is 0 Å². The van der Waals surface area contributed by atoms with Crippen molar-refractivity contribution in [3.05, 3.63) is 0 Å². The smallest absolute Gasteiger partial charge is 0.317 e. The highest BCUT2D eigenvalue weighted by Crippen LogP contribution is 2.18. The Labute approximate surface area is 114 Å². The largest absolute Gasteiger partial charge is 0.481 e. The number of nitrogens with one attached hydrogen (secondary N) is 1. The number of hydrogen-bond acceptors (Lipinski definition) is 3. The summed E-state index contributed by atoms with van der Waals surface area (Å²) in [4.78, 5) is 24.5. The van der Waals surface area contributed by atoms with Crippen molar-refractivity contribution in [3.8, 4) is 0 Å². The number of carboxylic acid groups (broad SMARTS) is 1. The van der Waals surface area contributed by atoms with Gasteiger partial charge in [-0.15, -0.1) is 0 Å². The summed E-state index contributed by atoms with van der Waals surface area (Å²) in [6.07, 6.45) is 0.775. The first-order chi connectivity index (χ1) is 8.82. The van der Waals surface area contributed by atoms with E-state index in [1.807, 2.05) is 20.8 Å². The van der Waals surface area contributed by atoms with Gasteiger partial charge in [-0.05, 0) is 19.3 Å². The molecule has 3 atom stereocenters. The Morgan fingerprint density at radius 1 is 1.47 bits per heavy atom. The molecule has 2 amide bonds. The normalized spacial score (nSPS) is 24.3. The van der Waals surface area contributed by atoms with Crippen LogP contribution in [0.3, 0.4) is 0 Å². The standard InChI is InChI=1S/C13H24N2O4/c1-8(2)10(7-12(16)17)14-13(18)15(4)11-5-6-19-9(11)3/h8-11H,5-7H2,1-4H3,(H,14,18)(H,16,17). The molecule has 0 aromatic heterocycles. The van der Waals surface area contributed by atoms with Gasteiger partial charge in [0.2, 0.25) is 0 Å². The zero-order valence-electron chi connectivity index (χ0n) is 12.0. The Morgan fingerprint density at radius 3 is 2.53 bits per heavy atom. The molecule has 0 bridgehead atoms. The van der Waals surface area contributed by atoms with Crippen molar-refractivity contribution >= 4 is 12.0 Å². The Kier molecular flexibility index (Phi) is 5.60. The van der Waals surface area contributed by atoms with Gasteiger partial charge in [0.1, 0.15) is 0 Å². The molecule has 1 fully saturated rings. The first-order valence-electron chi connectivity index (χ1n) is 6.69. The summed E-state index contributed by atoms with van der Waals surface area (Å²) in [5, 5.41) is 11.6. The molecule has 1 heterocycles. The minimum Gasteiger partial charge on any atom is -0.481 e. The maximum Gasteiger partial charge on any atom is 0.317 e. The molecule has 0 aromatic rings. The maximum absolute atomic E-state index is 12.1. The van der Waals surface area contributed by atoms with Crippen LogP contribution < -0.4 is 5.32 Å². The van der Waals surface area contributed by atoms with E-state index in [0.717, 1.165) is 6.42 Å². The van der Waals surface area contributed by atoms with Crippen molar-refractivity contribution in [2.45, 2.75) is 51.8 Å². The molecule has 0 radical (unpaired) electrons. The van der Waals surface area contributed by atoms with E-state index in [1.54, 1.807) is 11.9 Å². The Bertz CT molecular complexity index is 333. The fourth-order valence-corrected chi connectivity index (χ4v) is 2.28. The van der Waals surface area contributed by atoms with Crippen molar-refractivity contribution in [2.75, 3.05) is 13.7 Å². The van der Waals surface area contributed by atoms with Crippen LogP contribution in [0.2, 0.25) is 0 Å². The molecule has 110 valence electrons. The lowest BCUT2D eigenvalue weighted by molar-refractivity contribution is -0.137. The van der Waals surface area contributed by atoms with Gasteiger partial charge in [-0.2, -0.15) is 0 Å². The molecule has 6 heteroatoms. The summed E-state index contributed by atoms with van der Waals surface area (Å²) in [5.41, 5.74) is 0. The van der Waals surface area contributed by atoms with Crippen molar-refractivity contribution in [1.82, 2.24) is 10.2 Å². The number of carboxylic acids is 1. The molecular weight excluding hydrogens is 248 g/mol. The van der Waals surface area contributed by atoms with Crippen molar-refractivity contribution in [1.29, 1.82) is 0 Å². The zero-order valence-corrected chi connectivity index (χ0v) is 12.0. The minimum atomic E-state index is -0.903. The van der Waals surface area contributed by atoms with E-state index in [1.165, 1.54) is 0 Å². The van der Waals surface area contributed by atoms with E-state index in [-0.39, 0.29) is 36.6 Å². The first-order valence-corrected chi connectivity index (χ1v) is 6.69. The number of amides is 2. The van der Waals surface area contributed by atoms with Crippen LogP contribution in [0, 0.1) is 5.92 Å². The molecule has 6 nitrogen and oxygen atoms in total. The molecule has 1 aliphatic rings. The number of carbonyl (C=O) groups is 2. The highest BCUT2D eigenvalue weighted by molar-refractivity contribution is 5.76. The van der Waals surface area contributed by atoms with Crippen LogP contribution in [-0.2, 0) is 9.53 Å². The maximum atomic E-state index is 12.1. The molecule has 0 saturated carbocycles. The fraction of sp³-hybridized carbons (Fsp3) is 0.846. The number of hydrogen-bond donors (Lipinski definition) is 2. The zero-order chi connectivity index (χ0) is 14.6. The number of ether oxygens (including phenoxy) is 1. The average molecular weight is 272 g/mol. The molecule has 1 saturated heterocycles. The third-order valence-electron chi connectivity index (χ3n) is 3.66. The summed E-state index contributed by atoms with van der Waals surface area (Å²) in [7, 11) is 1.73. The highest BCUT2D eigenvalue weighted by Gasteiger charge is 2.31. The molecule has 0 aliphatic carbocycles. The van der Waals surface area contributed by atoms with E-state index >= 15 is 0 Å². The molecule has 0 spiro atoms. The monoisotopic (exact) mass is 272 g/mol. The SMILES string of the molecule is CC(C)C(CC(=O)O)NC(=O)N(C)C1CCOC1C. The Morgan fingerprint density at radius 2 is 2.11 bits per heavy atom. The van der Waals surface area contributed by atoms with Gasteiger partial charge in [0.05, 0.1) is 18.6 Å². The lowest BCUT2D eigenvalue weighted by atomic mass is 10.0. The van der Waals surface area contributed by atoms with Crippen LogP contribution in [-0.4, -0.2) is 53.8 Å². The fourth-order valence-electron chi connectivity index (χ4n) is 2.28. The summed E-state index contributed by atoms with van der Waals surface area (Å²) >= 11 is 0. The third kappa shape index (κ3) is 4.38. The van der Waals surface area contributed by atoms with E-state index in [9.17, 15) is 9.59 Å². The third-order valence-corrected chi connectivity index (χ3v) is 3.66. The molecule has 2 N–H and O–H groups in total. The Balaban J connectivity index is 2.58. The second kappa shape index (κ2) is 6.75. The van der Waals surface area contributed by atoms with Gasteiger partial charge in [0.15, 0.2) is 0 Å². The summed E-state index contributed by atoms with van der Waals surface area (Å²) < 4.78 is 5.44. The van der Waals surface area contributed by atoms with Crippen LogP contribution in [0.5, 0.6) is 0 Å². The number of nitrogens with zero attached hydrogens (tertiary/aromatic N) is 1. The second-order valence-electron chi connectivity index (χ2n) is 5.44. The lowest BCUT2D eigenvalue weighted by Crippen LogP contribution is -2.50. The predicted molar refractivity (Wildman–Crippen MR) is 71.0 cm³/mol. The Hall–Kier alpha value is -1.30. The van der Waals surface area contributed by atoms with Crippen molar-refractivity contribution in [3.63, 3.8) is 0 Å². The van der Waals surface area contributed by atoms with E-state index in [4.69, 9.17) is 9.84 Å². The highest BCUT2D eigenvalue weighted by atomic mass is 16.5. The number of rotatable bonds is 5. The number of aliphatic carboxylic acids is 1. The van der Waals surface area contributed by atoms with Crippen molar-refractivity contribution in [2.24, 2.45) is 5.92 Å². The predicted octanol–water partition coefficient (Wildman–Crippen LogP) is 1.30. The molecule has 19 heavy (non-hydrogen) atoms. The van der Waals surface area contributed by atoms with E-state index in [0.29, 0.717) is 6.61 Å². The summed E-state index contributed by atoms with van der Waals surface area (Å²) in [6, 6.07) is -0.537. The average Bonchev–Trinajstić information content (AvgIpc) is 2.72. The summed E-state index contributed by atoms with van der Waals surface area (Å²) in [5.74, 6) is -0.829. The van der Waals surface area contributed by atoms with Crippen LogP contribution >= 0.6 is 0 Å². The van der Waals surface area contributed by atoms with Crippen LogP contribution in [0.25, 0.3) is 0 Å². The number of carbonyl (C=O) groups excluding carboxylic acids is 1. The van der Waals surface area contributed by atoms with Gasteiger partial charge in [-0.25, -0.2) is 4.79 Å². The van der Waals surface area contributed by atoms with Crippen LogP contribution in [0.1, 0.15) is 33.6 Å². The molecular formula is C13H24N2O4. The van der Waals surface area contributed by atoms with Gasteiger partial charge in [-0.3, -0.25) is 4.79 Å². The quantitative estimate of drug-likeness (QED) is 0.790. The molecule has 1 aliphatic heterocycles. The topological polar surface area (TPSA) is 78.9 Å². The van der Waals surface area contributed by atoms with Gasteiger partial charge in [-0.1, -0.05) is 13.8 Å². The molecule has 3 unspecified atom stereocenters.